The highest BCUT2D eigenvalue weighted by Crippen LogP contribution is 2.36. The fourth-order valence-corrected chi connectivity index (χ4v) is 1.71. The van der Waals surface area contributed by atoms with Gasteiger partial charge in [0.05, 0.1) is 21.3 Å². The molecule has 1 aromatic carbocycles. The van der Waals surface area contributed by atoms with Gasteiger partial charge in [0.2, 0.25) is 0 Å². The van der Waals surface area contributed by atoms with Crippen LogP contribution in [-0.2, 0) is 7.05 Å². The van der Waals surface area contributed by atoms with Gasteiger partial charge >= 0.3 is 0 Å². The van der Waals surface area contributed by atoms with Gasteiger partial charge in [0.25, 0.3) is 0 Å². The Kier molecular flexibility index (Phi) is 2.54. The summed E-state index contributed by atoms with van der Waals surface area (Å²) in [5.74, 6) is 0.597. The van der Waals surface area contributed by atoms with Gasteiger partial charge in [-0.15, -0.1) is 10.2 Å². The standard InChI is InChI=1S/C9H8Cl2N4/c1-15-4-13-14-9(15)7-5(10)2-3-6(11)8(7)12/h2-4H,12H2,1H3. The quantitative estimate of drug-likeness (QED) is 0.782. The van der Waals surface area contributed by atoms with E-state index in [1.807, 2.05) is 7.05 Å². The fourth-order valence-electron chi connectivity index (χ4n) is 1.30. The molecule has 0 aliphatic rings. The van der Waals surface area contributed by atoms with Crippen LogP contribution in [0, 0.1) is 0 Å². The number of hydrogen-bond donors (Lipinski definition) is 1. The fraction of sp³-hybridized carbons (Fsp3) is 0.111. The zero-order chi connectivity index (χ0) is 11.0. The van der Waals surface area contributed by atoms with E-state index in [2.05, 4.69) is 10.2 Å². The van der Waals surface area contributed by atoms with E-state index in [1.165, 1.54) is 0 Å². The van der Waals surface area contributed by atoms with Gasteiger partial charge < -0.3 is 10.3 Å². The summed E-state index contributed by atoms with van der Waals surface area (Å²) in [6, 6.07) is 3.34. The summed E-state index contributed by atoms with van der Waals surface area (Å²) >= 11 is 12.0. The van der Waals surface area contributed by atoms with E-state index in [-0.39, 0.29) is 0 Å². The van der Waals surface area contributed by atoms with Crippen molar-refractivity contribution in [1.82, 2.24) is 14.8 Å². The monoisotopic (exact) mass is 242 g/mol. The van der Waals surface area contributed by atoms with Gasteiger partial charge in [-0.3, -0.25) is 0 Å². The predicted molar refractivity (Wildman–Crippen MR) is 60.9 cm³/mol. The molecule has 78 valence electrons. The molecule has 1 aromatic heterocycles. The lowest BCUT2D eigenvalue weighted by atomic mass is 10.1. The summed E-state index contributed by atoms with van der Waals surface area (Å²) in [6.07, 6.45) is 1.58. The van der Waals surface area contributed by atoms with E-state index in [4.69, 9.17) is 28.9 Å². The average molecular weight is 243 g/mol. The van der Waals surface area contributed by atoms with Crippen molar-refractivity contribution >= 4 is 28.9 Å². The van der Waals surface area contributed by atoms with Crippen molar-refractivity contribution in [2.45, 2.75) is 0 Å². The Hall–Kier alpha value is -1.26. The first kappa shape index (κ1) is 10.3. The molecule has 1 heterocycles. The van der Waals surface area contributed by atoms with Crippen molar-refractivity contribution in [2.24, 2.45) is 7.05 Å². The molecule has 2 N–H and O–H groups in total. The number of nitrogens with two attached hydrogens (primary N) is 1. The Labute approximate surface area is 96.6 Å². The lowest BCUT2D eigenvalue weighted by molar-refractivity contribution is 0.920. The van der Waals surface area contributed by atoms with Crippen LogP contribution in [-0.4, -0.2) is 14.8 Å². The molecule has 0 atom stereocenters. The molecular weight excluding hydrogens is 235 g/mol. The lowest BCUT2D eigenvalue weighted by Gasteiger charge is -2.08. The van der Waals surface area contributed by atoms with E-state index in [9.17, 15) is 0 Å². The molecule has 0 saturated carbocycles. The minimum atomic E-state index is 0.417. The lowest BCUT2D eigenvalue weighted by Crippen LogP contribution is -1.98. The first-order chi connectivity index (χ1) is 7.11. The topological polar surface area (TPSA) is 56.7 Å². The molecule has 2 rings (SSSR count). The maximum atomic E-state index is 6.05. The van der Waals surface area contributed by atoms with Crippen LogP contribution in [0.5, 0.6) is 0 Å². The van der Waals surface area contributed by atoms with Crippen LogP contribution >= 0.6 is 23.2 Å². The normalized spacial score (nSPS) is 10.6. The Bertz CT molecular complexity index is 507. The molecule has 0 unspecified atom stereocenters. The Morgan fingerprint density at radius 2 is 1.93 bits per heavy atom. The highest BCUT2D eigenvalue weighted by Gasteiger charge is 2.14. The van der Waals surface area contributed by atoms with E-state index in [0.29, 0.717) is 27.1 Å². The van der Waals surface area contributed by atoms with Crippen molar-refractivity contribution in [3.8, 4) is 11.4 Å². The molecule has 0 fully saturated rings. The number of anilines is 1. The first-order valence-corrected chi connectivity index (χ1v) is 4.94. The summed E-state index contributed by atoms with van der Waals surface area (Å²) in [6.45, 7) is 0. The molecule has 0 bridgehead atoms. The number of aryl methyl sites for hydroxylation is 1. The zero-order valence-electron chi connectivity index (χ0n) is 7.91. The first-order valence-electron chi connectivity index (χ1n) is 4.19. The van der Waals surface area contributed by atoms with E-state index >= 15 is 0 Å². The summed E-state index contributed by atoms with van der Waals surface area (Å²) in [4.78, 5) is 0. The van der Waals surface area contributed by atoms with Gasteiger partial charge in [-0.05, 0) is 12.1 Å². The van der Waals surface area contributed by atoms with Crippen molar-refractivity contribution in [1.29, 1.82) is 0 Å². The number of nitrogens with zero attached hydrogens (tertiary/aromatic N) is 3. The third kappa shape index (κ3) is 1.66. The molecule has 6 heteroatoms. The van der Waals surface area contributed by atoms with Gasteiger partial charge in [0.15, 0.2) is 5.82 Å². The van der Waals surface area contributed by atoms with Crippen molar-refractivity contribution in [2.75, 3.05) is 5.73 Å². The molecule has 0 spiro atoms. The Balaban J connectivity index is 2.72. The summed E-state index contributed by atoms with van der Waals surface area (Å²) < 4.78 is 1.73. The summed E-state index contributed by atoms with van der Waals surface area (Å²) in [7, 11) is 1.81. The molecule has 4 nitrogen and oxygen atoms in total. The minimum absolute atomic E-state index is 0.417. The number of halogens is 2. The second-order valence-corrected chi connectivity index (χ2v) is 3.90. The van der Waals surface area contributed by atoms with E-state index in [1.54, 1.807) is 23.0 Å². The zero-order valence-corrected chi connectivity index (χ0v) is 9.42. The molecular formula is C9H8Cl2N4. The van der Waals surface area contributed by atoms with Crippen LogP contribution in [0.25, 0.3) is 11.4 Å². The van der Waals surface area contributed by atoms with Gasteiger partial charge in [-0.2, -0.15) is 0 Å². The number of aromatic nitrogens is 3. The van der Waals surface area contributed by atoms with E-state index < -0.39 is 0 Å². The molecule has 2 aromatic rings. The third-order valence-electron chi connectivity index (χ3n) is 2.08. The molecule has 0 aliphatic carbocycles. The van der Waals surface area contributed by atoms with Crippen LogP contribution in [0.15, 0.2) is 18.5 Å². The summed E-state index contributed by atoms with van der Waals surface area (Å²) in [5.41, 5.74) is 6.88. The second-order valence-electron chi connectivity index (χ2n) is 3.08. The number of benzene rings is 1. The Morgan fingerprint density at radius 3 is 2.53 bits per heavy atom. The maximum absolute atomic E-state index is 6.05. The number of hydrogen-bond acceptors (Lipinski definition) is 3. The van der Waals surface area contributed by atoms with Gasteiger partial charge in [0.1, 0.15) is 6.33 Å². The molecule has 0 amide bonds. The predicted octanol–water partition coefficient (Wildman–Crippen LogP) is 2.37. The number of rotatable bonds is 1. The average Bonchev–Trinajstić information content (AvgIpc) is 2.60. The van der Waals surface area contributed by atoms with Gasteiger partial charge in [-0.1, -0.05) is 23.2 Å². The van der Waals surface area contributed by atoms with Gasteiger partial charge in [0, 0.05) is 7.05 Å². The Morgan fingerprint density at radius 1 is 1.27 bits per heavy atom. The van der Waals surface area contributed by atoms with Crippen molar-refractivity contribution < 1.29 is 0 Å². The SMILES string of the molecule is Cn1cnnc1-c1c(Cl)ccc(Cl)c1N. The van der Waals surface area contributed by atoms with Crippen LogP contribution in [0.2, 0.25) is 10.0 Å². The summed E-state index contributed by atoms with van der Waals surface area (Å²) in [5, 5.41) is 8.67. The molecule has 0 saturated heterocycles. The minimum Gasteiger partial charge on any atom is -0.397 e. The van der Waals surface area contributed by atoms with Crippen LogP contribution in [0.1, 0.15) is 0 Å². The van der Waals surface area contributed by atoms with Crippen LogP contribution in [0.4, 0.5) is 5.69 Å². The molecule has 0 radical (unpaired) electrons. The van der Waals surface area contributed by atoms with Crippen LogP contribution < -0.4 is 5.73 Å². The third-order valence-corrected chi connectivity index (χ3v) is 2.72. The largest absolute Gasteiger partial charge is 0.397 e. The van der Waals surface area contributed by atoms with E-state index in [0.717, 1.165) is 0 Å². The van der Waals surface area contributed by atoms with Gasteiger partial charge in [-0.25, -0.2) is 0 Å². The highest BCUT2D eigenvalue weighted by molar-refractivity contribution is 6.37. The number of nitrogen functional groups attached to an aromatic ring is 1. The maximum Gasteiger partial charge on any atom is 0.167 e. The van der Waals surface area contributed by atoms with Crippen LogP contribution in [0.3, 0.4) is 0 Å². The second kappa shape index (κ2) is 3.72. The van der Waals surface area contributed by atoms with Crippen molar-refractivity contribution in [3.63, 3.8) is 0 Å². The molecule has 15 heavy (non-hydrogen) atoms. The van der Waals surface area contributed by atoms with Crippen molar-refractivity contribution in [3.05, 3.63) is 28.5 Å². The smallest absolute Gasteiger partial charge is 0.167 e. The highest BCUT2D eigenvalue weighted by atomic mass is 35.5. The molecule has 0 aliphatic heterocycles.